The largest absolute Gasteiger partial charge is 0.478 e. The van der Waals surface area contributed by atoms with Crippen LogP contribution >= 0.6 is 11.8 Å². The fourth-order valence-corrected chi connectivity index (χ4v) is 2.78. The van der Waals surface area contributed by atoms with Gasteiger partial charge in [-0.2, -0.15) is 0 Å². The van der Waals surface area contributed by atoms with E-state index in [2.05, 4.69) is 9.97 Å². The molecule has 0 amide bonds. The van der Waals surface area contributed by atoms with Gasteiger partial charge in [0.1, 0.15) is 17.2 Å². The van der Waals surface area contributed by atoms with Crippen LogP contribution in [0.4, 0.5) is 4.39 Å². The quantitative estimate of drug-likeness (QED) is 0.748. The van der Waals surface area contributed by atoms with Gasteiger partial charge in [-0.1, -0.05) is 23.9 Å². The van der Waals surface area contributed by atoms with E-state index in [0.717, 1.165) is 0 Å². The molecule has 0 unspecified atom stereocenters. The summed E-state index contributed by atoms with van der Waals surface area (Å²) in [7, 11) is 0. The van der Waals surface area contributed by atoms with Gasteiger partial charge in [-0.25, -0.2) is 19.2 Å². The van der Waals surface area contributed by atoms with Crippen molar-refractivity contribution in [2.24, 2.45) is 0 Å². The molecule has 2 aromatic carbocycles. The van der Waals surface area contributed by atoms with Crippen LogP contribution in [-0.4, -0.2) is 21.0 Å². The van der Waals surface area contributed by atoms with Crippen LogP contribution in [0.2, 0.25) is 0 Å². The highest BCUT2D eigenvalue weighted by Gasteiger charge is 2.11. The third-order valence-electron chi connectivity index (χ3n) is 2.89. The lowest BCUT2D eigenvalue weighted by molar-refractivity contribution is 0.0697. The molecular weight excluding hydrogens is 291 g/mol. The second-order valence-corrected chi connectivity index (χ2v) is 5.28. The average Bonchev–Trinajstić information content (AvgIpc) is 2.49. The van der Waals surface area contributed by atoms with Gasteiger partial charge in [-0.15, -0.1) is 0 Å². The number of hydrogen-bond donors (Lipinski definition) is 1. The smallest absolute Gasteiger partial charge is 0.335 e. The molecule has 0 saturated heterocycles. The standard InChI is InChI=1S/C15H9FN2O2S/c16-11-3-1-2-4-13(11)21-14-10-6-5-9(15(19)20)7-12(10)17-8-18-14/h1-8H,(H,19,20). The van der Waals surface area contributed by atoms with Crippen LogP contribution in [-0.2, 0) is 0 Å². The molecule has 0 bridgehead atoms. The molecule has 0 radical (unpaired) electrons. The molecule has 104 valence electrons. The molecule has 1 N–H and O–H groups in total. The molecule has 0 aliphatic carbocycles. The molecule has 1 heterocycles. The summed E-state index contributed by atoms with van der Waals surface area (Å²) in [6.07, 6.45) is 1.34. The van der Waals surface area contributed by atoms with E-state index in [4.69, 9.17) is 5.11 Å². The van der Waals surface area contributed by atoms with Crippen LogP contribution < -0.4 is 0 Å². The van der Waals surface area contributed by atoms with Crippen LogP contribution in [0, 0.1) is 5.82 Å². The summed E-state index contributed by atoms with van der Waals surface area (Å²) in [5, 5.41) is 10.3. The van der Waals surface area contributed by atoms with Gasteiger partial charge in [0.25, 0.3) is 0 Å². The van der Waals surface area contributed by atoms with E-state index in [1.807, 2.05) is 0 Å². The number of halogens is 1. The lowest BCUT2D eigenvalue weighted by Crippen LogP contribution is -1.97. The van der Waals surface area contributed by atoms with Gasteiger partial charge in [0.15, 0.2) is 0 Å². The van der Waals surface area contributed by atoms with Crippen LogP contribution in [0.3, 0.4) is 0 Å². The van der Waals surface area contributed by atoms with Gasteiger partial charge >= 0.3 is 5.97 Å². The number of nitrogens with zero attached hydrogens (tertiary/aromatic N) is 2. The second kappa shape index (κ2) is 5.49. The number of carbonyl (C=O) groups is 1. The maximum absolute atomic E-state index is 13.7. The van der Waals surface area contributed by atoms with Crippen molar-refractivity contribution in [1.82, 2.24) is 9.97 Å². The van der Waals surface area contributed by atoms with Gasteiger partial charge in [0, 0.05) is 10.3 Å². The zero-order valence-corrected chi connectivity index (χ0v) is 11.5. The van der Waals surface area contributed by atoms with E-state index < -0.39 is 5.97 Å². The number of aromatic nitrogens is 2. The first-order valence-electron chi connectivity index (χ1n) is 6.05. The van der Waals surface area contributed by atoms with Crippen LogP contribution in [0.25, 0.3) is 10.9 Å². The first-order chi connectivity index (χ1) is 10.1. The Hall–Kier alpha value is -2.47. The number of hydrogen-bond acceptors (Lipinski definition) is 4. The number of benzene rings is 2. The van der Waals surface area contributed by atoms with Crippen molar-refractivity contribution >= 4 is 28.6 Å². The fourth-order valence-electron chi connectivity index (χ4n) is 1.88. The van der Waals surface area contributed by atoms with Gasteiger partial charge in [0.2, 0.25) is 0 Å². The van der Waals surface area contributed by atoms with Gasteiger partial charge < -0.3 is 5.11 Å². The van der Waals surface area contributed by atoms with E-state index in [9.17, 15) is 9.18 Å². The topological polar surface area (TPSA) is 63.1 Å². The highest BCUT2D eigenvalue weighted by atomic mass is 32.2. The number of carboxylic acids is 1. The van der Waals surface area contributed by atoms with Crippen molar-refractivity contribution in [3.63, 3.8) is 0 Å². The van der Waals surface area contributed by atoms with Crippen molar-refractivity contribution < 1.29 is 14.3 Å². The minimum Gasteiger partial charge on any atom is -0.478 e. The molecule has 0 aliphatic rings. The van der Waals surface area contributed by atoms with E-state index >= 15 is 0 Å². The van der Waals surface area contributed by atoms with Crippen LogP contribution in [0.5, 0.6) is 0 Å². The Morgan fingerprint density at radius 2 is 1.95 bits per heavy atom. The molecule has 0 fully saturated rings. The minimum atomic E-state index is -1.01. The average molecular weight is 300 g/mol. The maximum atomic E-state index is 13.7. The Morgan fingerprint density at radius 3 is 2.71 bits per heavy atom. The zero-order chi connectivity index (χ0) is 14.8. The number of rotatable bonds is 3. The Morgan fingerprint density at radius 1 is 1.14 bits per heavy atom. The third-order valence-corrected chi connectivity index (χ3v) is 3.96. The maximum Gasteiger partial charge on any atom is 0.335 e. The third kappa shape index (κ3) is 2.71. The van der Waals surface area contributed by atoms with Crippen LogP contribution in [0.1, 0.15) is 10.4 Å². The van der Waals surface area contributed by atoms with E-state index in [-0.39, 0.29) is 11.4 Å². The predicted molar refractivity (Wildman–Crippen MR) is 77.0 cm³/mol. The Balaban J connectivity index is 2.07. The molecule has 0 aliphatic heterocycles. The summed E-state index contributed by atoms with van der Waals surface area (Å²) in [6.45, 7) is 0. The first kappa shape index (κ1) is 13.5. The Bertz CT molecular complexity index is 839. The number of fused-ring (bicyclic) bond motifs is 1. The Kier molecular flexibility index (Phi) is 3.53. The summed E-state index contributed by atoms with van der Waals surface area (Å²) in [5.74, 6) is -1.34. The summed E-state index contributed by atoms with van der Waals surface area (Å²) >= 11 is 1.18. The van der Waals surface area contributed by atoms with Gasteiger partial charge in [0.05, 0.1) is 11.1 Å². The normalized spacial score (nSPS) is 10.7. The van der Waals surface area contributed by atoms with Crippen molar-refractivity contribution in [2.45, 2.75) is 9.92 Å². The number of aromatic carboxylic acids is 1. The summed E-state index contributed by atoms with van der Waals surface area (Å²) in [4.78, 5) is 19.6. The van der Waals surface area contributed by atoms with Crippen molar-refractivity contribution in [3.8, 4) is 0 Å². The van der Waals surface area contributed by atoms with E-state index in [1.165, 1.54) is 36.3 Å². The number of carboxylic acid groups (broad SMARTS) is 1. The first-order valence-corrected chi connectivity index (χ1v) is 6.87. The molecular formula is C15H9FN2O2S. The molecule has 0 atom stereocenters. The fraction of sp³-hybridized carbons (Fsp3) is 0. The molecule has 0 spiro atoms. The summed E-state index contributed by atoms with van der Waals surface area (Å²) in [6, 6.07) is 11.0. The molecule has 3 aromatic rings. The second-order valence-electron chi connectivity index (χ2n) is 4.25. The molecule has 0 saturated carbocycles. The molecule has 6 heteroatoms. The monoisotopic (exact) mass is 300 g/mol. The molecule has 1 aromatic heterocycles. The highest BCUT2D eigenvalue weighted by Crippen LogP contribution is 2.32. The summed E-state index contributed by atoms with van der Waals surface area (Å²) < 4.78 is 13.7. The van der Waals surface area contributed by atoms with Crippen molar-refractivity contribution in [2.75, 3.05) is 0 Å². The summed E-state index contributed by atoms with van der Waals surface area (Å²) in [5.41, 5.74) is 0.673. The van der Waals surface area contributed by atoms with Gasteiger partial charge in [-0.05, 0) is 30.3 Å². The van der Waals surface area contributed by atoms with Crippen LogP contribution in [0.15, 0.2) is 58.7 Å². The van der Waals surface area contributed by atoms with Crippen molar-refractivity contribution in [3.05, 3.63) is 60.2 Å². The highest BCUT2D eigenvalue weighted by molar-refractivity contribution is 7.99. The van der Waals surface area contributed by atoms with Crippen molar-refractivity contribution in [1.29, 1.82) is 0 Å². The molecule has 21 heavy (non-hydrogen) atoms. The van der Waals surface area contributed by atoms with E-state index in [1.54, 1.807) is 24.3 Å². The minimum absolute atomic E-state index is 0.156. The zero-order valence-electron chi connectivity index (χ0n) is 10.7. The van der Waals surface area contributed by atoms with Gasteiger partial charge in [-0.3, -0.25) is 0 Å². The molecule has 3 rings (SSSR count). The predicted octanol–water partition coefficient (Wildman–Crippen LogP) is 3.62. The van der Waals surface area contributed by atoms with E-state index in [0.29, 0.717) is 20.8 Å². The lowest BCUT2D eigenvalue weighted by Gasteiger charge is -2.06. The Labute approximate surface area is 123 Å². The SMILES string of the molecule is O=C(O)c1ccc2c(Sc3ccccc3F)ncnc2c1. The molecule has 4 nitrogen and oxygen atoms in total. The lowest BCUT2D eigenvalue weighted by atomic mass is 10.1.